The molecule has 0 fully saturated rings. The van der Waals surface area contributed by atoms with Crippen LogP contribution in [0.3, 0.4) is 0 Å². The number of anilines is 1. The van der Waals surface area contributed by atoms with Gasteiger partial charge in [0.15, 0.2) is 0 Å². The molecule has 24 heavy (non-hydrogen) atoms. The van der Waals surface area contributed by atoms with E-state index in [4.69, 9.17) is 0 Å². The predicted octanol–water partition coefficient (Wildman–Crippen LogP) is 2.81. The Labute approximate surface area is 140 Å². The van der Waals surface area contributed by atoms with Crippen LogP contribution in [0.1, 0.15) is 29.9 Å². The molecule has 0 saturated heterocycles. The van der Waals surface area contributed by atoms with E-state index in [9.17, 15) is 4.79 Å². The van der Waals surface area contributed by atoms with Crippen molar-refractivity contribution in [1.29, 1.82) is 0 Å². The summed E-state index contributed by atoms with van der Waals surface area (Å²) in [6, 6.07) is 11.5. The van der Waals surface area contributed by atoms with E-state index in [0.29, 0.717) is 24.5 Å². The third kappa shape index (κ3) is 3.22. The molecule has 0 radical (unpaired) electrons. The standard InChI is InChI=1S/C18H21N5O/c1-3-19-18(24)15-11-17(22-16-8-6-5-7-14(15)16)20-12-13-9-10-21-23(13)4-2/h5-11H,3-4,12H2,1-2H3,(H,19,24)(H,20,22). The lowest BCUT2D eigenvalue weighted by Crippen LogP contribution is -2.23. The Hall–Kier alpha value is -2.89. The van der Waals surface area contributed by atoms with Crippen LogP contribution in [0, 0.1) is 0 Å². The number of nitrogens with zero attached hydrogens (tertiary/aromatic N) is 3. The van der Waals surface area contributed by atoms with Crippen molar-refractivity contribution >= 4 is 22.6 Å². The van der Waals surface area contributed by atoms with Gasteiger partial charge in [-0.1, -0.05) is 18.2 Å². The van der Waals surface area contributed by atoms with Crippen LogP contribution in [0.25, 0.3) is 10.9 Å². The minimum atomic E-state index is -0.0854. The Bertz CT molecular complexity index is 855. The van der Waals surface area contributed by atoms with Gasteiger partial charge in [0.05, 0.1) is 23.3 Å². The molecular weight excluding hydrogens is 302 g/mol. The molecule has 0 saturated carbocycles. The summed E-state index contributed by atoms with van der Waals surface area (Å²) in [5.41, 5.74) is 2.51. The second kappa shape index (κ2) is 7.12. The van der Waals surface area contributed by atoms with E-state index in [1.165, 1.54) is 0 Å². The van der Waals surface area contributed by atoms with Gasteiger partial charge >= 0.3 is 0 Å². The quantitative estimate of drug-likeness (QED) is 0.732. The molecule has 6 nitrogen and oxygen atoms in total. The molecule has 0 unspecified atom stereocenters. The average Bonchev–Trinajstić information content (AvgIpc) is 3.07. The number of fused-ring (bicyclic) bond motifs is 1. The molecule has 3 rings (SSSR count). The monoisotopic (exact) mass is 323 g/mol. The topological polar surface area (TPSA) is 71.8 Å². The van der Waals surface area contributed by atoms with Crippen LogP contribution in [0.4, 0.5) is 5.82 Å². The molecule has 0 aliphatic carbocycles. The summed E-state index contributed by atoms with van der Waals surface area (Å²) in [6.45, 7) is 5.98. The van der Waals surface area contributed by atoms with E-state index >= 15 is 0 Å². The predicted molar refractivity (Wildman–Crippen MR) is 95.0 cm³/mol. The van der Waals surface area contributed by atoms with Gasteiger partial charge < -0.3 is 10.6 Å². The van der Waals surface area contributed by atoms with E-state index in [1.807, 2.05) is 41.9 Å². The number of pyridine rings is 1. The Kier molecular flexibility index (Phi) is 4.74. The van der Waals surface area contributed by atoms with Gasteiger partial charge in [0.2, 0.25) is 0 Å². The Balaban J connectivity index is 1.92. The highest BCUT2D eigenvalue weighted by atomic mass is 16.1. The minimum absolute atomic E-state index is 0.0854. The fourth-order valence-corrected chi connectivity index (χ4v) is 2.69. The fraction of sp³-hybridized carbons (Fsp3) is 0.278. The summed E-state index contributed by atoms with van der Waals surface area (Å²) in [5, 5.41) is 11.3. The summed E-state index contributed by atoms with van der Waals surface area (Å²) in [5.74, 6) is 0.594. The zero-order valence-corrected chi connectivity index (χ0v) is 13.9. The molecule has 2 N–H and O–H groups in total. The number of benzene rings is 1. The van der Waals surface area contributed by atoms with Crippen molar-refractivity contribution in [2.45, 2.75) is 26.9 Å². The first-order valence-electron chi connectivity index (χ1n) is 8.15. The zero-order chi connectivity index (χ0) is 16.9. The second-order valence-electron chi connectivity index (χ2n) is 5.42. The zero-order valence-electron chi connectivity index (χ0n) is 13.9. The van der Waals surface area contributed by atoms with E-state index in [-0.39, 0.29) is 5.91 Å². The van der Waals surface area contributed by atoms with Crippen molar-refractivity contribution in [2.24, 2.45) is 0 Å². The normalized spacial score (nSPS) is 10.8. The number of nitrogens with one attached hydrogen (secondary N) is 2. The summed E-state index contributed by atoms with van der Waals surface area (Å²) in [4.78, 5) is 17.0. The number of hydrogen-bond donors (Lipinski definition) is 2. The number of hydrogen-bond acceptors (Lipinski definition) is 4. The van der Waals surface area contributed by atoms with Crippen LogP contribution in [0.15, 0.2) is 42.6 Å². The van der Waals surface area contributed by atoms with Crippen molar-refractivity contribution < 1.29 is 4.79 Å². The Morgan fingerprint density at radius 3 is 2.83 bits per heavy atom. The molecule has 2 aromatic heterocycles. The molecule has 0 bridgehead atoms. The van der Waals surface area contributed by atoms with E-state index in [0.717, 1.165) is 23.1 Å². The fourth-order valence-electron chi connectivity index (χ4n) is 2.69. The Morgan fingerprint density at radius 1 is 1.21 bits per heavy atom. The lowest BCUT2D eigenvalue weighted by molar-refractivity contribution is 0.0957. The van der Waals surface area contributed by atoms with E-state index in [1.54, 1.807) is 12.3 Å². The summed E-state index contributed by atoms with van der Waals surface area (Å²) < 4.78 is 1.93. The SMILES string of the molecule is CCNC(=O)c1cc(NCc2ccnn2CC)nc2ccccc12. The van der Waals surface area contributed by atoms with Crippen molar-refractivity contribution in [2.75, 3.05) is 11.9 Å². The smallest absolute Gasteiger partial charge is 0.252 e. The third-order valence-electron chi connectivity index (χ3n) is 3.85. The molecule has 3 aromatic rings. The van der Waals surface area contributed by atoms with Gasteiger partial charge in [-0.05, 0) is 32.0 Å². The number of aryl methyl sites for hydroxylation is 1. The van der Waals surface area contributed by atoms with Crippen molar-refractivity contribution in [3.05, 3.63) is 53.9 Å². The van der Waals surface area contributed by atoms with Crippen LogP contribution < -0.4 is 10.6 Å². The van der Waals surface area contributed by atoms with Crippen LogP contribution >= 0.6 is 0 Å². The maximum Gasteiger partial charge on any atom is 0.252 e. The van der Waals surface area contributed by atoms with Crippen LogP contribution in [-0.4, -0.2) is 27.2 Å². The molecule has 2 heterocycles. The molecule has 0 aliphatic heterocycles. The number of carbonyl (C=O) groups is 1. The molecule has 1 aromatic carbocycles. The maximum absolute atomic E-state index is 12.4. The highest BCUT2D eigenvalue weighted by molar-refractivity contribution is 6.06. The molecule has 6 heteroatoms. The number of aromatic nitrogens is 3. The van der Waals surface area contributed by atoms with Gasteiger partial charge in [0.25, 0.3) is 5.91 Å². The van der Waals surface area contributed by atoms with Gasteiger partial charge in [-0.25, -0.2) is 4.98 Å². The summed E-state index contributed by atoms with van der Waals surface area (Å²) in [7, 11) is 0. The number of para-hydroxylation sites is 1. The molecule has 0 atom stereocenters. The summed E-state index contributed by atoms with van der Waals surface area (Å²) in [6.07, 6.45) is 1.79. The van der Waals surface area contributed by atoms with Gasteiger partial charge in [-0.3, -0.25) is 9.48 Å². The van der Waals surface area contributed by atoms with Crippen molar-refractivity contribution in [1.82, 2.24) is 20.1 Å². The number of rotatable bonds is 6. The number of carbonyl (C=O) groups excluding carboxylic acids is 1. The van der Waals surface area contributed by atoms with Crippen LogP contribution in [-0.2, 0) is 13.1 Å². The first-order valence-corrected chi connectivity index (χ1v) is 8.15. The first-order chi connectivity index (χ1) is 11.7. The number of amides is 1. The summed E-state index contributed by atoms with van der Waals surface area (Å²) >= 11 is 0. The first kappa shape index (κ1) is 16.0. The highest BCUT2D eigenvalue weighted by Crippen LogP contribution is 2.21. The van der Waals surface area contributed by atoms with Gasteiger partial charge in [0, 0.05) is 24.7 Å². The molecule has 0 spiro atoms. The second-order valence-corrected chi connectivity index (χ2v) is 5.42. The van der Waals surface area contributed by atoms with Crippen LogP contribution in [0.5, 0.6) is 0 Å². The van der Waals surface area contributed by atoms with Crippen molar-refractivity contribution in [3.63, 3.8) is 0 Å². The van der Waals surface area contributed by atoms with E-state index in [2.05, 4.69) is 27.6 Å². The molecular formula is C18H21N5O. The largest absolute Gasteiger partial charge is 0.364 e. The molecule has 1 amide bonds. The van der Waals surface area contributed by atoms with Gasteiger partial charge in [-0.15, -0.1) is 0 Å². The Morgan fingerprint density at radius 2 is 2.04 bits per heavy atom. The van der Waals surface area contributed by atoms with Gasteiger partial charge in [0.1, 0.15) is 5.82 Å². The molecule has 124 valence electrons. The van der Waals surface area contributed by atoms with Gasteiger partial charge in [-0.2, -0.15) is 5.10 Å². The molecule has 0 aliphatic rings. The average molecular weight is 323 g/mol. The lowest BCUT2D eigenvalue weighted by Gasteiger charge is -2.11. The minimum Gasteiger partial charge on any atom is -0.364 e. The van der Waals surface area contributed by atoms with Crippen molar-refractivity contribution in [3.8, 4) is 0 Å². The lowest BCUT2D eigenvalue weighted by atomic mass is 10.1. The third-order valence-corrected chi connectivity index (χ3v) is 3.85. The van der Waals surface area contributed by atoms with E-state index < -0.39 is 0 Å². The van der Waals surface area contributed by atoms with Crippen LogP contribution in [0.2, 0.25) is 0 Å². The maximum atomic E-state index is 12.4. The highest BCUT2D eigenvalue weighted by Gasteiger charge is 2.12.